The van der Waals surface area contributed by atoms with Gasteiger partial charge >= 0.3 is 0 Å². The first kappa shape index (κ1) is 19.8. The quantitative estimate of drug-likeness (QED) is 0.433. The normalized spacial score (nSPS) is 14.9. The highest BCUT2D eigenvalue weighted by Gasteiger charge is 2.21. The Morgan fingerprint density at radius 2 is 1.73 bits per heavy atom. The summed E-state index contributed by atoms with van der Waals surface area (Å²) in [5.41, 5.74) is 11.4. The minimum absolute atomic E-state index is 0.0747. The number of nitrogens with zero attached hydrogens (tertiary/aromatic N) is 3. The fourth-order valence-corrected chi connectivity index (χ4v) is 4.53. The Kier molecular flexibility index (Phi) is 4.73. The standard InChI is InChI=1S/C27H24N4O2/c28-22-11-13-30(14-12-22)27(32)19-7-5-18(6-8-19)21-9-10-26-29-16-23(31(26)17-21)25-15-20-3-1-2-4-24(20)33-25/h1-10,15-17,22H,11-14,28H2. The van der Waals surface area contributed by atoms with E-state index in [1.165, 1.54) is 0 Å². The summed E-state index contributed by atoms with van der Waals surface area (Å²) in [5, 5.41) is 1.06. The average Bonchev–Trinajstić information content (AvgIpc) is 3.47. The number of para-hydroxylation sites is 1. The van der Waals surface area contributed by atoms with Crippen LogP contribution in [-0.4, -0.2) is 39.3 Å². The first-order chi connectivity index (χ1) is 16.2. The summed E-state index contributed by atoms with van der Waals surface area (Å²) in [6.07, 6.45) is 5.63. The molecular weight excluding hydrogens is 412 g/mol. The molecule has 1 amide bonds. The monoisotopic (exact) mass is 436 g/mol. The van der Waals surface area contributed by atoms with Crippen LogP contribution in [0.5, 0.6) is 0 Å². The van der Waals surface area contributed by atoms with Crippen LogP contribution in [-0.2, 0) is 0 Å². The maximum Gasteiger partial charge on any atom is 0.253 e. The zero-order chi connectivity index (χ0) is 22.4. The third-order valence-electron chi connectivity index (χ3n) is 6.48. The van der Waals surface area contributed by atoms with E-state index in [0.717, 1.165) is 65.1 Å². The van der Waals surface area contributed by atoms with E-state index < -0.39 is 0 Å². The Bertz CT molecular complexity index is 1420. The first-order valence-electron chi connectivity index (χ1n) is 11.3. The molecule has 0 saturated carbocycles. The molecule has 33 heavy (non-hydrogen) atoms. The summed E-state index contributed by atoms with van der Waals surface area (Å²) in [6, 6.07) is 22.1. The van der Waals surface area contributed by atoms with Crippen LogP contribution < -0.4 is 5.73 Å². The number of likely N-dealkylation sites (tertiary alicyclic amines) is 1. The number of pyridine rings is 1. The Morgan fingerprint density at radius 3 is 2.52 bits per heavy atom. The van der Waals surface area contributed by atoms with E-state index in [9.17, 15) is 4.79 Å². The number of aromatic nitrogens is 2. The molecule has 6 nitrogen and oxygen atoms in total. The molecule has 6 heteroatoms. The molecule has 0 aliphatic carbocycles. The van der Waals surface area contributed by atoms with E-state index in [1.54, 1.807) is 0 Å². The van der Waals surface area contributed by atoms with Crippen LogP contribution in [0.2, 0.25) is 0 Å². The second-order valence-electron chi connectivity index (χ2n) is 8.64. The number of benzene rings is 2. The van der Waals surface area contributed by atoms with Gasteiger partial charge in [-0.05, 0) is 60.4 Å². The Hall–Kier alpha value is -3.90. The highest BCUT2D eigenvalue weighted by atomic mass is 16.3. The summed E-state index contributed by atoms with van der Waals surface area (Å²) in [4.78, 5) is 19.3. The van der Waals surface area contributed by atoms with Crippen molar-refractivity contribution in [2.24, 2.45) is 5.73 Å². The van der Waals surface area contributed by atoms with Crippen molar-refractivity contribution in [3.05, 3.63) is 84.7 Å². The van der Waals surface area contributed by atoms with Gasteiger partial charge in [0.2, 0.25) is 0 Å². The van der Waals surface area contributed by atoms with Crippen molar-refractivity contribution in [3.63, 3.8) is 0 Å². The highest BCUT2D eigenvalue weighted by Crippen LogP contribution is 2.30. The van der Waals surface area contributed by atoms with Crippen molar-refractivity contribution in [2.75, 3.05) is 13.1 Å². The fourth-order valence-electron chi connectivity index (χ4n) is 4.53. The molecular formula is C27H24N4O2. The molecule has 1 saturated heterocycles. The number of hydrogen-bond donors (Lipinski definition) is 1. The summed E-state index contributed by atoms with van der Waals surface area (Å²) in [7, 11) is 0. The van der Waals surface area contributed by atoms with Crippen LogP contribution in [0.4, 0.5) is 0 Å². The number of nitrogens with two attached hydrogens (primary N) is 1. The zero-order valence-corrected chi connectivity index (χ0v) is 18.1. The van der Waals surface area contributed by atoms with E-state index in [2.05, 4.69) is 11.2 Å². The molecule has 2 aromatic carbocycles. The van der Waals surface area contributed by atoms with Crippen LogP contribution in [0, 0.1) is 0 Å². The van der Waals surface area contributed by atoms with Crippen LogP contribution in [0.25, 0.3) is 39.2 Å². The molecule has 0 atom stereocenters. The van der Waals surface area contributed by atoms with Crippen molar-refractivity contribution in [1.82, 2.24) is 14.3 Å². The number of imidazole rings is 1. The molecule has 2 N–H and O–H groups in total. The lowest BCUT2D eigenvalue weighted by Crippen LogP contribution is -2.42. The van der Waals surface area contributed by atoms with Gasteiger partial charge in [-0.25, -0.2) is 4.98 Å². The van der Waals surface area contributed by atoms with Gasteiger partial charge in [0, 0.05) is 36.3 Å². The molecule has 1 aliphatic rings. The SMILES string of the molecule is NC1CCN(C(=O)c2ccc(-c3ccc4ncc(-c5cc6ccccc6o5)n4c3)cc2)CC1. The van der Waals surface area contributed by atoms with Crippen LogP contribution in [0.3, 0.4) is 0 Å². The molecule has 1 fully saturated rings. The number of piperidine rings is 1. The number of furan rings is 1. The van der Waals surface area contributed by atoms with Gasteiger partial charge in [-0.2, -0.15) is 0 Å². The summed E-state index contributed by atoms with van der Waals surface area (Å²) < 4.78 is 8.11. The van der Waals surface area contributed by atoms with Gasteiger partial charge in [-0.1, -0.05) is 30.3 Å². The lowest BCUT2D eigenvalue weighted by atomic mass is 10.0. The summed E-state index contributed by atoms with van der Waals surface area (Å²) >= 11 is 0. The topological polar surface area (TPSA) is 76.8 Å². The average molecular weight is 437 g/mol. The molecule has 0 unspecified atom stereocenters. The van der Waals surface area contributed by atoms with Gasteiger partial charge in [0.15, 0.2) is 5.76 Å². The summed E-state index contributed by atoms with van der Waals surface area (Å²) in [6.45, 7) is 1.45. The highest BCUT2D eigenvalue weighted by molar-refractivity contribution is 5.94. The smallest absolute Gasteiger partial charge is 0.253 e. The maximum absolute atomic E-state index is 12.8. The van der Waals surface area contributed by atoms with Crippen molar-refractivity contribution >= 4 is 22.5 Å². The van der Waals surface area contributed by atoms with Crippen molar-refractivity contribution in [2.45, 2.75) is 18.9 Å². The zero-order valence-electron chi connectivity index (χ0n) is 18.1. The number of carbonyl (C=O) groups excluding carboxylic acids is 1. The molecule has 5 aromatic rings. The number of carbonyl (C=O) groups is 1. The van der Waals surface area contributed by atoms with E-state index in [-0.39, 0.29) is 11.9 Å². The number of fused-ring (bicyclic) bond motifs is 2. The predicted molar refractivity (Wildman–Crippen MR) is 129 cm³/mol. The number of rotatable bonds is 3. The second-order valence-corrected chi connectivity index (χ2v) is 8.64. The van der Waals surface area contributed by atoms with Gasteiger partial charge in [0.05, 0.1) is 6.20 Å². The van der Waals surface area contributed by atoms with Crippen molar-refractivity contribution < 1.29 is 9.21 Å². The third-order valence-corrected chi connectivity index (χ3v) is 6.48. The van der Waals surface area contributed by atoms with Gasteiger partial charge < -0.3 is 15.1 Å². The molecule has 0 bridgehead atoms. The molecule has 0 radical (unpaired) electrons. The minimum Gasteiger partial charge on any atom is -0.454 e. The Morgan fingerprint density at radius 1 is 0.970 bits per heavy atom. The lowest BCUT2D eigenvalue weighted by Gasteiger charge is -2.30. The van der Waals surface area contributed by atoms with E-state index in [0.29, 0.717) is 5.56 Å². The molecule has 4 heterocycles. The van der Waals surface area contributed by atoms with Crippen molar-refractivity contribution in [3.8, 4) is 22.6 Å². The van der Waals surface area contributed by atoms with Crippen LogP contribution in [0.1, 0.15) is 23.2 Å². The van der Waals surface area contributed by atoms with Gasteiger partial charge in [-0.3, -0.25) is 9.20 Å². The number of amides is 1. The Labute approximate surface area is 191 Å². The molecule has 0 spiro atoms. The largest absolute Gasteiger partial charge is 0.454 e. The van der Waals surface area contributed by atoms with E-state index >= 15 is 0 Å². The molecule has 3 aromatic heterocycles. The predicted octanol–water partition coefficient (Wildman–Crippen LogP) is 4.98. The fraction of sp³-hybridized carbons (Fsp3) is 0.185. The van der Waals surface area contributed by atoms with Gasteiger partial charge in [-0.15, -0.1) is 0 Å². The van der Waals surface area contributed by atoms with Gasteiger partial charge in [0.1, 0.15) is 16.9 Å². The molecule has 1 aliphatic heterocycles. The van der Waals surface area contributed by atoms with E-state index in [1.807, 2.05) is 82.2 Å². The first-order valence-corrected chi connectivity index (χ1v) is 11.3. The minimum atomic E-state index is 0.0747. The summed E-state index contributed by atoms with van der Waals surface area (Å²) in [5.74, 6) is 0.855. The van der Waals surface area contributed by atoms with Crippen molar-refractivity contribution in [1.29, 1.82) is 0 Å². The number of hydrogen-bond acceptors (Lipinski definition) is 4. The van der Waals surface area contributed by atoms with Crippen LogP contribution >= 0.6 is 0 Å². The molecule has 164 valence electrons. The maximum atomic E-state index is 12.8. The third kappa shape index (κ3) is 3.58. The van der Waals surface area contributed by atoms with Gasteiger partial charge in [0.25, 0.3) is 5.91 Å². The van der Waals surface area contributed by atoms with E-state index in [4.69, 9.17) is 10.2 Å². The Balaban J connectivity index is 1.30. The van der Waals surface area contributed by atoms with Crippen LogP contribution in [0.15, 0.2) is 83.5 Å². The lowest BCUT2D eigenvalue weighted by molar-refractivity contribution is 0.0715. The molecule has 6 rings (SSSR count). The second kappa shape index (κ2) is 7.90.